The van der Waals surface area contributed by atoms with Gasteiger partial charge in [0.15, 0.2) is 0 Å². The Morgan fingerprint density at radius 1 is 1.15 bits per heavy atom. The van der Waals surface area contributed by atoms with Crippen LogP contribution in [0.4, 0.5) is 5.69 Å². The van der Waals surface area contributed by atoms with Crippen molar-refractivity contribution >= 4 is 5.69 Å². The lowest BCUT2D eigenvalue weighted by atomic mass is 9.85. The van der Waals surface area contributed by atoms with Crippen molar-refractivity contribution in [2.75, 3.05) is 32.2 Å². The number of nitrogens with one attached hydrogen (secondary N) is 1. The maximum Gasteiger partial charge on any atom is 0.119 e. The van der Waals surface area contributed by atoms with Gasteiger partial charge in [-0.2, -0.15) is 0 Å². The summed E-state index contributed by atoms with van der Waals surface area (Å²) in [7, 11) is 1.92. The van der Waals surface area contributed by atoms with Crippen LogP contribution in [-0.2, 0) is 9.47 Å². The Morgan fingerprint density at radius 2 is 1.90 bits per heavy atom. The number of ether oxygens (including phenoxy) is 3. The highest BCUT2D eigenvalue weighted by Gasteiger charge is 2.39. The van der Waals surface area contributed by atoms with E-state index in [9.17, 15) is 0 Å². The number of benzene rings is 1. The average Bonchev–Trinajstić information content (AvgIpc) is 2.49. The summed E-state index contributed by atoms with van der Waals surface area (Å²) >= 11 is 0. The van der Waals surface area contributed by atoms with E-state index in [1.165, 1.54) is 0 Å². The van der Waals surface area contributed by atoms with Gasteiger partial charge in [0.2, 0.25) is 0 Å². The third kappa shape index (κ3) is 3.07. The molecule has 1 aromatic rings. The number of rotatable bonds is 3. The van der Waals surface area contributed by atoms with E-state index in [2.05, 4.69) is 5.32 Å². The van der Waals surface area contributed by atoms with Gasteiger partial charge in [-0.25, -0.2) is 0 Å². The van der Waals surface area contributed by atoms with E-state index in [0.29, 0.717) is 0 Å². The minimum absolute atomic E-state index is 0.00786. The average molecular weight is 277 g/mol. The van der Waals surface area contributed by atoms with E-state index in [4.69, 9.17) is 14.2 Å². The van der Waals surface area contributed by atoms with Gasteiger partial charge in [0.1, 0.15) is 11.9 Å². The van der Waals surface area contributed by atoms with Gasteiger partial charge in [-0.05, 0) is 37.1 Å². The molecule has 110 valence electrons. The Hall–Kier alpha value is -1.26. The van der Waals surface area contributed by atoms with Crippen molar-refractivity contribution in [1.82, 2.24) is 0 Å². The van der Waals surface area contributed by atoms with Gasteiger partial charge >= 0.3 is 0 Å². The molecule has 0 amide bonds. The predicted octanol–water partition coefficient (Wildman–Crippen LogP) is 2.84. The summed E-state index contributed by atoms with van der Waals surface area (Å²) in [6.07, 6.45) is 4.18. The molecule has 2 fully saturated rings. The third-order valence-electron chi connectivity index (χ3n) is 4.30. The fraction of sp³-hybridized carbons (Fsp3) is 0.625. The van der Waals surface area contributed by atoms with Gasteiger partial charge in [-0.15, -0.1) is 0 Å². The van der Waals surface area contributed by atoms with E-state index < -0.39 is 0 Å². The summed E-state index contributed by atoms with van der Waals surface area (Å²) in [6, 6.07) is 8.13. The molecule has 1 spiro atoms. The van der Waals surface area contributed by atoms with Crippen LogP contribution in [0.2, 0.25) is 0 Å². The van der Waals surface area contributed by atoms with Crippen molar-refractivity contribution in [1.29, 1.82) is 0 Å². The van der Waals surface area contributed by atoms with Crippen molar-refractivity contribution in [3.05, 3.63) is 24.3 Å². The maximum atomic E-state index is 6.13. The van der Waals surface area contributed by atoms with E-state index >= 15 is 0 Å². The molecule has 2 saturated heterocycles. The van der Waals surface area contributed by atoms with E-state index in [0.717, 1.165) is 56.9 Å². The maximum absolute atomic E-state index is 6.13. The van der Waals surface area contributed by atoms with Crippen molar-refractivity contribution < 1.29 is 14.2 Å². The highest BCUT2D eigenvalue weighted by molar-refractivity contribution is 5.45. The normalized spacial score (nSPS) is 25.4. The summed E-state index contributed by atoms with van der Waals surface area (Å²) in [5.41, 5.74) is 1.09. The molecule has 20 heavy (non-hydrogen) atoms. The molecule has 0 aromatic heterocycles. The van der Waals surface area contributed by atoms with Gasteiger partial charge in [0, 0.05) is 38.8 Å². The Bertz CT molecular complexity index is 420. The van der Waals surface area contributed by atoms with Crippen LogP contribution in [0.3, 0.4) is 0 Å². The second-order valence-corrected chi connectivity index (χ2v) is 5.65. The van der Waals surface area contributed by atoms with Crippen molar-refractivity contribution in [3.8, 4) is 5.75 Å². The highest BCUT2D eigenvalue weighted by atomic mass is 16.5. The molecule has 2 heterocycles. The topological polar surface area (TPSA) is 39.7 Å². The summed E-state index contributed by atoms with van der Waals surface area (Å²) in [5, 5.41) is 3.11. The lowest BCUT2D eigenvalue weighted by Gasteiger charge is -2.43. The molecule has 4 nitrogen and oxygen atoms in total. The van der Waals surface area contributed by atoms with E-state index in [-0.39, 0.29) is 11.7 Å². The van der Waals surface area contributed by atoms with Crippen molar-refractivity contribution in [2.45, 2.75) is 37.4 Å². The summed E-state index contributed by atoms with van der Waals surface area (Å²) in [4.78, 5) is 0. The highest BCUT2D eigenvalue weighted by Crippen LogP contribution is 2.35. The first-order valence-corrected chi connectivity index (χ1v) is 7.46. The SMILES string of the molecule is CNc1ccc(OC2CCOC3(CCOCC3)C2)cc1. The quantitative estimate of drug-likeness (QED) is 0.922. The Morgan fingerprint density at radius 3 is 2.60 bits per heavy atom. The van der Waals surface area contributed by atoms with Crippen molar-refractivity contribution in [2.24, 2.45) is 0 Å². The number of hydrogen-bond acceptors (Lipinski definition) is 4. The van der Waals surface area contributed by atoms with E-state index in [1.807, 2.05) is 31.3 Å². The molecule has 0 aliphatic carbocycles. The molecular formula is C16H23NO3. The third-order valence-corrected chi connectivity index (χ3v) is 4.30. The predicted molar refractivity (Wildman–Crippen MR) is 78.4 cm³/mol. The minimum atomic E-state index is -0.00786. The Balaban J connectivity index is 1.61. The molecule has 2 aliphatic rings. The lowest BCUT2D eigenvalue weighted by molar-refractivity contribution is -0.155. The van der Waals surface area contributed by atoms with Crippen LogP contribution in [0.25, 0.3) is 0 Å². The van der Waals surface area contributed by atoms with Crippen LogP contribution >= 0.6 is 0 Å². The molecule has 1 atom stereocenters. The largest absolute Gasteiger partial charge is 0.490 e. The molecule has 1 unspecified atom stereocenters. The first-order valence-electron chi connectivity index (χ1n) is 7.46. The van der Waals surface area contributed by atoms with Crippen LogP contribution in [0, 0.1) is 0 Å². The minimum Gasteiger partial charge on any atom is -0.490 e. The Labute approximate surface area is 120 Å². The van der Waals surface area contributed by atoms with Gasteiger partial charge in [-0.3, -0.25) is 0 Å². The number of hydrogen-bond donors (Lipinski definition) is 1. The van der Waals surface area contributed by atoms with Crippen molar-refractivity contribution in [3.63, 3.8) is 0 Å². The molecule has 3 rings (SSSR count). The van der Waals surface area contributed by atoms with Gasteiger partial charge in [0.25, 0.3) is 0 Å². The van der Waals surface area contributed by atoms with Gasteiger partial charge in [-0.1, -0.05) is 0 Å². The molecule has 1 N–H and O–H groups in total. The molecule has 2 aliphatic heterocycles. The lowest BCUT2D eigenvalue weighted by Crippen LogP contribution is -2.47. The van der Waals surface area contributed by atoms with Crippen LogP contribution in [0.15, 0.2) is 24.3 Å². The smallest absolute Gasteiger partial charge is 0.119 e. The molecule has 1 aromatic carbocycles. The number of anilines is 1. The van der Waals surface area contributed by atoms with E-state index in [1.54, 1.807) is 0 Å². The van der Waals surface area contributed by atoms with Crippen LogP contribution in [-0.4, -0.2) is 38.6 Å². The summed E-state index contributed by atoms with van der Waals surface area (Å²) < 4.78 is 17.6. The monoisotopic (exact) mass is 277 g/mol. The molecule has 0 radical (unpaired) electrons. The zero-order valence-electron chi connectivity index (χ0n) is 12.1. The fourth-order valence-corrected chi connectivity index (χ4v) is 3.07. The molecule has 4 heteroatoms. The van der Waals surface area contributed by atoms with Crippen LogP contribution in [0.1, 0.15) is 25.7 Å². The van der Waals surface area contributed by atoms with Crippen LogP contribution < -0.4 is 10.1 Å². The second-order valence-electron chi connectivity index (χ2n) is 5.65. The first kappa shape index (κ1) is 13.7. The summed E-state index contributed by atoms with van der Waals surface area (Å²) in [5.74, 6) is 0.943. The molecule has 0 saturated carbocycles. The first-order chi connectivity index (χ1) is 9.80. The van der Waals surface area contributed by atoms with Crippen LogP contribution in [0.5, 0.6) is 5.75 Å². The Kier molecular flexibility index (Phi) is 4.13. The standard InChI is InChI=1S/C16H23NO3/c1-17-13-2-4-14(5-3-13)20-15-6-9-19-16(12-15)7-10-18-11-8-16/h2-5,15,17H,6-12H2,1H3. The second kappa shape index (κ2) is 6.02. The molecular weight excluding hydrogens is 254 g/mol. The summed E-state index contributed by atoms with van der Waals surface area (Å²) in [6.45, 7) is 2.41. The zero-order valence-corrected chi connectivity index (χ0v) is 12.1. The van der Waals surface area contributed by atoms with Gasteiger partial charge in [0.05, 0.1) is 12.2 Å². The zero-order chi connectivity index (χ0) is 13.8. The van der Waals surface area contributed by atoms with Gasteiger partial charge < -0.3 is 19.5 Å². The fourth-order valence-electron chi connectivity index (χ4n) is 3.07. The molecule has 0 bridgehead atoms.